The van der Waals surface area contributed by atoms with Gasteiger partial charge in [0.25, 0.3) is 0 Å². The van der Waals surface area contributed by atoms with Crippen LogP contribution in [0, 0.1) is 0 Å². The molecule has 0 amide bonds. The van der Waals surface area contributed by atoms with Crippen LogP contribution >= 0.6 is 11.3 Å². The molecule has 0 radical (unpaired) electrons. The summed E-state index contributed by atoms with van der Waals surface area (Å²) < 4.78 is 10.6. The highest BCUT2D eigenvalue weighted by molar-refractivity contribution is 7.09. The molecule has 0 N–H and O–H groups in total. The number of hydrogen-bond acceptors (Lipinski definition) is 5. The lowest BCUT2D eigenvalue weighted by Crippen LogP contribution is -2.00. The van der Waals surface area contributed by atoms with Crippen molar-refractivity contribution in [2.75, 3.05) is 13.2 Å². The fraction of sp³-hybridized carbons (Fsp3) is 0.538. The van der Waals surface area contributed by atoms with Crippen molar-refractivity contribution >= 4 is 11.3 Å². The number of hydrogen-bond donors (Lipinski definition) is 0. The average molecular weight is 264 g/mol. The Morgan fingerprint density at radius 1 is 1.39 bits per heavy atom. The lowest BCUT2D eigenvalue weighted by molar-refractivity contribution is 0.192. The molecule has 1 saturated heterocycles. The molecule has 1 unspecified atom stereocenters. The highest BCUT2D eigenvalue weighted by Crippen LogP contribution is 2.22. The highest BCUT2D eigenvalue weighted by atomic mass is 32.1. The summed E-state index contributed by atoms with van der Waals surface area (Å²) >= 11 is 1.80. The van der Waals surface area contributed by atoms with Gasteiger partial charge in [0.2, 0.25) is 5.89 Å². The van der Waals surface area contributed by atoms with Crippen molar-refractivity contribution in [2.45, 2.75) is 31.6 Å². The molecule has 0 aromatic carbocycles. The molecular formula is C13H16N2O2S. The van der Waals surface area contributed by atoms with E-state index in [0.717, 1.165) is 50.6 Å². The van der Waals surface area contributed by atoms with Gasteiger partial charge >= 0.3 is 0 Å². The smallest absolute Gasteiger partial charge is 0.226 e. The Kier molecular flexibility index (Phi) is 3.71. The average Bonchev–Trinajstić information content (AvgIpc) is 3.12. The zero-order valence-corrected chi connectivity index (χ0v) is 11.0. The van der Waals surface area contributed by atoms with Gasteiger partial charge in [0, 0.05) is 23.8 Å². The minimum absolute atomic E-state index is 0.333. The second-order valence-electron chi connectivity index (χ2n) is 4.54. The predicted octanol–water partition coefficient (Wildman–Crippen LogP) is 2.81. The molecule has 0 bridgehead atoms. The summed E-state index contributed by atoms with van der Waals surface area (Å²) in [6.45, 7) is 1.54. The second-order valence-corrected chi connectivity index (χ2v) is 5.57. The summed E-state index contributed by atoms with van der Waals surface area (Å²) in [7, 11) is 0. The molecule has 3 rings (SSSR count). The number of ether oxygens (including phenoxy) is 1. The molecule has 4 nitrogen and oxygen atoms in total. The second kappa shape index (κ2) is 5.63. The molecule has 2 aromatic rings. The van der Waals surface area contributed by atoms with Crippen LogP contribution in [0.1, 0.15) is 35.4 Å². The summed E-state index contributed by atoms with van der Waals surface area (Å²) in [4.78, 5) is 5.87. The van der Waals surface area contributed by atoms with E-state index < -0.39 is 0 Å². The molecule has 1 fully saturated rings. The summed E-state index contributed by atoms with van der Waals surface area (Å²) in [6.07, 6.45) is 4.01. The lowest BCUT2D eigenvalue weighted by Gasteiger charge is -1.97. The van der Waals surface area contributed by atoms with Crippen LogP contribution in [0.2, 0.25) is 0 Å². The molecule has 1 aliphatic heterocycles. The van der Waals surface area contributed by atoms with E-state index in [9.17, 15) is 0 Å². The van der Waals surface area contributed by atoms with Crippen LogP contribution < -0.4 is 0 Å². The summed E-state index contributed by atoms with van der Waals surface area (Å²) in [5.74, 6) is 1.91. The normalized spacial score (nSPS) is 19.4. The van der Waals surface area contributed by atoms with Crippen LogP contribution in [-0.4, -0.2) is 23.4 Å². The molecule has 0 saturated carbocycles. The number of thiophene rings is 1. The zero-order chi connectivity index (χ0) is 12.2. The van der Waals surface area contributed by atoms with Gasteiger partial charge in [-0.05, 0) is 30.7 Å². The Morgan fingerprint density at radius 2 is 2.39 bits per heavy atom. The van der Waals surface area contributed by atoms with Gasteiger partial charge in [-0.3, -0.25) is 0 Å². The van der Waals surface area contributed by atoms with E-state index in [0.29, 0.717) is 5.92 Å². The van der Waals surface area contributed by atoms with Crippen LogP contribution in [0.25, 0.3) is 0 Å². The minimum atomic E-state index is 0.333. The topological polar surface area (TPSA) is 48.2 Å². The number of aromatic nitrogens is 2. The molecule has 0 aliphatic carbocycles. The standard InChI is InChI=1S/C13H16N2O2S/c1(3-11-4-2-8-18-11)5-12-14-13(15-17-12)10-6-7-16-9-10/h2,4,8,10H,1,3,5-7,9H2. The van der Waals surface area contributed by atoms with Crippen molar-refractivity contribution in [1.29, 1.82) is 0 Å². The fourth-order valence-corrected chi connectivity index (χ4v) is 2.89. The van der Waals surface area contributed by atoms with Crippen molar-refractivity contribution in [3.8, 4) is 0 Å². The number of nitrogens with zero attached hydrogens (tertiary/aromatic N) is 2. The maximum Gasteiger partial charge on any atom is 0.226 e. The van der Waals surface area contributed by atoms with E-state index in [1.165, 1.54) is 4.88 Å². The summed E-state index contributed by atoms with van der Waals surface area (Å²) in [6, 6.07) is 4.25. The zero-order valence-electron chi connectivity index (χ0n) is 10.2. The van der Waals surface area contributed by atoms with Crippen LogP contribution in [0.15, 0.2) is 22.0 Å². The van der Waals surface area contributed by atoms with Crippen LogP contribution in [0.3, 0.4) is 0 Å². The van der Waals surface area contributed by atoms with Crippen molar-refractivity contribution < 1.29 is 9.26 Å². The summed E-state index contributed by atoms with van der Waals surface area (Å²) in [5, 5.41) is 6.16. The number of rotatable bonds is 5. The Hall–Kier alpha value is -1.20. The molecule has 18 heavy (non-hydrogen) atoms. The quantitative estimate of drug-likeness (QED) is 0.833. The van der Waals surface area contributed by atoms with E-state index >= 15 is 0 Å². The van der Waals surface area contributed by atoms with Gasteiger partial charge in [-0.1, -0.05) is 11.2 Å². The third kappa shape index (κ3) is 2.79. The largest absolute Gasteiger partial charge is 0.381 e. The molecule has 1 aliphatic rings. The van der Waals surface area contributed by atoms with Gasteiger partial charge in [0.05, 0.1) is 6.61 Å². The van der Waals surface area contributed by atoms with Gasteiger partial charge in [-0.25, -0.2) is 0 Å². The maximum atomic E-state index is 5.33. The first-order valence-corrected chi connectivity index (χ1v) is 7.22. The summed E-state index contributed by atoms with van der Waals surface area (Å²) in [5.41, 5.74) is 0. The monoisotopic (exact) mass is 264 g/mol. The van der Waals surface area contributed by atoms with Crippen molar-refractivity contribution in [1.82, 2.24) is 10.1 Å². The maximum absolute atomic E-state index is 5.33. The third-order valence-corrected chi connectivity index (χ3v) is 4.11. The van der Waals surface area contributed by atoms with Gasteiger partial charge in [-0.2, -0.15) is 4.98 Å². The first-order chi connectivity index (χ1) is 8.92. The Bertz CT molecular complexity index is 475. The van der Waals surface area contributed by atoms with Crippen LogP contribution in [0.4, 0.5) is 0 Å². The SMILES string of the molecule is c1csc(CCCc2nc(C3CCOC3)no2)c1. The predicted molar refractivity (Wildman–Crippen MR) is 68.8 cm³/mol. The molecule has 0 spiro atoms. The van der Waals surface area contributed by atoms with Gasteiger partial charge in [-0.15, -0.1) is 11.3 Å². The third-order valence-electron chi connectivity index (χ3n) is 3.17. The fourth-order valence-electron chi connectivity index (χ4n) is 2.14. The molecule has 96 valence electrons. The highest BCUT2D eigenvalue weighted by Gasteiger charge is 2.22. The lowest BCUT2D eigenvalue weighted by atomic mass is 10.1. The Balaban J connectivity index is 1.50. The molecule has 3 heterocycles. The minimum Gasteiger partial charge on any atom is -0.381 e. The van der Waals surface area contributed by atoms with E-state index in [1.807, 2.05) is 0 Å². The van der Waals surface area contributed by atoms with Crippen molar-refractivity contribution in [2.24, 2.45) is 0 Å². The van der Waals surface area contributed by atoms with Gasteiger partial charge in [0.1, 0.15) is 0 Å². The van der Waals surface area contributed by atoms with Crippen LogP contribution in [-0.2, 0) is 17.6 Å². The van der Waals surface area contributed by atoms with E-state index in [-0.39, 0.29) is 0 Å². The number of aryl methyl sites for hydroxylation is 2. The Morgan fingerprint density at radius 3 is 3.17 bits per heavy atom. The van der Waals surface area contributed by atoms with E-state index in [1.54, 1.807) is 11.3 Å². The first-order valence-electron chi connectivity index (χ1n) is 6.34. The van der Waals surface area contributed by atoms with E-state index in [2.05, 4.69) is 27.7 Å². The van der Waals surface area contributed by atoms with Gasteiger partial charge < -0.3 is 9.26 Å². The Labute approximate surface area is 110 Å². The molecular weight excluding hydrogens is 248 g/mol. The molecule has 1 atom stereocenters. The van der Waals surface area contributed by atoms with Crippen molar-refractivity contribution in [3.05, 3.63) is 34.1 Å². The van der Waals surface area contributed by atoms with Crippen LogP contribution in [0.5, 0.6) is 0 Å². The molecule has 2 aromatic heterocycles. The van der Waals surface area contributed by atoms with Crippen molar-refractivity contribution in [3.63, 3.8) is 0 Å². The van der Waals surface area contributed by atoms with Gasteiger partial charge in [0.15, 0.2) is 5.82 Å². The molecule has 5 heteroatoms. The first kappa shape index (κ1) is 11.9. The van der Waals surface area contributed by atoms with E-state index in [4.69, 9.17) is 9.26 Å².